The number of fused-ring (bicyclic) bond motifs is 1. The van der Waals surface area contributed by atoms with Gasteiger partial charge in [-0.15, -0.1) is 11.3 Å². The van der Waals surface area contributed by atoms with Gasteiger partial charge in [0.15, 0.2) is 0 Å². The maximum absolute atomic E-state index is 11.2. The molecular formula is C25H29ClN6OS. The molecule has 1 saturated heterocycles. The number of rotatable bonds is 7. The first-order valence-electron chi connectivity index (χ1n) is 11.6. The molecule has 1 atom stereocenters. The van der Waals surface area contributed by atoms with Crippen LogP contribution in [0.5, 0.6) is 0 Å². The summed E-state index contributed by atoms with van der Waals surface area (Å²) in [6.07, 6.45) is 0.841. The molecule has 34 heavy (non-hydrogen) atoms. The van der Waals surface area contributed by atoms with Crippen LogP contribution >= 0.6 is 22.9 Å². The van der Waals surface area contributed by atoms with Crippen LogP contribution in [0.25, 0.3) is 10.4 Å². The summed E-state index contributed by atoms with van der Waals surface area (Å²) in [5, 5.41) is 3.71. The highest BCUT2D eigenvalue weighted by Crippen LogP contribution is 2.36. The van der Waals surface area contributed by atoms with E-state index in [1.54, 1.807) is 16.2 Å². The van der Waals surface area contributed by atoms with Crippen molar-refractivity contribution in [2.24, 2.45) is 0 Å². The molecule has 0 aliphatic carbocycles. The summed E-state index contributed by atoms with van der Waals surface area (Å²) >= 11 is 7.97. The van der Waals surface area contributed by atoms with E-state index < -0.39 is 0 Å². The number of hydrogen-bond acceptors (Lipinski definition) is 7. The Hall–Kier alpha value is -2.52. The molecule has 178 valence electrons. The van der Waals surface area contributed by atoms with Crippen molar-refractivity contribution in [3.05, 3.63) is 63.4 Å². The lowest BCUT2D eigenvalue weighted by Gasteiger charge is -2.32. The quantitative estimate of drug-likeness (QED) is 0.389. The van der Waals surface area contributed by atoms with E-state index in [0.29, 0.717) is 18.9 Å². The Balaban J connectivity index is 1.33. The van der Waals surface area contributed by atoms with Crippen LogP contribution in [0.1, 0.15) is 34.7 Å². The minimum atomic E-state index is 0.0453. The van der Waals surface area contributed by atoms with Gasteiger partial charge in [0.1, 0.15) is 5.82 Å². The summed E-state index contributed by atoms with van der Waals surface area (Å²) in [4.78, 5) is 29.1. The smallest absolute Gasteiger partial charge is 0.224 e. The predicted molar refractivity (Wildman–Crippen MR) is 137 cm³/mol. The zero-order valence-electron chi connectivity index (χ0n) is 19.5. The number of aromatic nitrogens is 2. The summed E-state index contributed by atoms with van der Waals surface area (Å²) in [5.41, 5.74) is 4.43. The third-order valence-electron chi connectivity index (χ3n) is 6.61. The van der Waals surface area contributed by atoms with Crippen molar-refractivity contribution >= 4 is 35.2 Å². The fourth-order valence-electron chi connectivity index (χ4n) is 4.59. The number of thiophene rings is 1. The molecule has 2 aromatic heterocycles. The molecule has 0 saturated carbocycles. The van der Waals surface area contributed by atoms with Gasteiger partial charge in [-0.05, 0) is 48.8 Å². The number of carbonyl (C=O) groups excluding carboxylic acids is 1. The zero-order chi connectivity index (χ0) is 23.7. The summed E-state index contributed by atoms with van der Waals surface area (Å²) in [6, 6.07) is 13.2. The Morgan fingerprint density at radius 1 is 1.12 bits per heavy atom. The highest BCUT2D eigenvalue weighted by atomic mass is 35.5. The van der Waals surface area contributed by atoms with Crippen LogP contribution in [0.15, 0.2) is 36.4 Å². The lowest BCUT2D eigenvalue weighted by molar-refractivity contribution is -0.118. The van der Waals surface area contributed by atoms with Crippen molar-refractivity contribution in [2.45, 2.75) is 32.6 Å². The molecule has 1 amide bonds. The first kappa shape index (κ1) is 23.2. The van der Waals surface area contributed by atoms with E-state index in [0.717, 1.165) is 50.4 Å². The second-order valence-corrected chi connectivity index (χ2v) is 10.5. The van der Waals surface area contributed by atoms with Gasteiger partial charge in [0, 0.05) is 48.0 Å². The second-order valence-electron chi connectivity index (χ2n) is 9.08. The van der Waals surface area contributed by atoms with Gasteiger partial charge in [0.2, 0.25) is 11.7 Å². The van der Waals surface area contributed by atoms with Crippen LogP contribution in [-0.4, -0.2) is 64.3 Å². The SMILES string of the molecule is CC(Nc1nc(Cl)nc2c1CN(C=O)C2)c1ccc(-c2ccccc2CN2CCN(C)CC2)s1. The lowest BCUT2D eigenvalue weighted by Crippen LogP contribution is -2.43. The molecule has 2 aliphatic heterocycles. The molecular weight excluding hydrogens is 468 g/mol. The van der Waals surface area contributed by atoms with Crippen LogP contribution in [0.3, 0.4) is 0 Å². The van der Waals surface area contributed by atoms with E-state index in [2.05, 4.69) is 75.5 Å². The van der Waals surface area contributed by atoms with Crippen LogP contribution in [0, 0.1) is 0 Å². The first-order valence-corrected chi connectivity index (χ1v) is 12.8. The maximum Gasteiger partial charge on any atom is 0.224 e. The van der Waals surface area contributed by atoms with E-state index >= 15 is 0 Å². The molecule has 1 fully saturated rings. The molecule has 3 aromatic rings. The molecule has 5 rings (SSSR count). The number of benzene rings is 1. The van der Waals surface area contributed by atoms with Crippen molar-refractivity contribution < 1.29 is 4.79 Å². The number of piperazine rings is 1. The van der Waals surface area contributed by atoms with Crippen LogP contribution in [-0.2, 0) is 24.4 Å². The second kappa shape index (κ2) is 10.00. The van der Waals surface area contributed by atoms with Crippen molar-refractivity contribution in [2.75, 3.05) is 38.5 Å². The van der Waals surface area contributed by atoms with Crippen molar-refractivity contribution in [3.8, 4) is 10.4 Å². The fourth-order valence-corrected chi connectivity index (χ4v) is 5.85. The zero-order valence-corrected chi connectivity index (χ0v) is 21.1. The molecule has 4 heterocycles. The van der Waals surface area contributed by atoms with Crippen LogP contribution in [0.2, 0.25) is 5.28 Å². The topological polar surface area (TPSA) is 64.6 Å². The number of amides is 1. The molecule has 9 heteroatoms. The van der Waals surface area contributed by atoms with Crippen molar-refractivity contribution in [3.63, 3.8) is 0 Å². The van der Waals surface area contributed by atoms with Gasteiger partial charge in [-0.2, -0.15) is 0 Å². The minimum absolute atomic E-state index is 0.0453. The lowest BCUT2D eigenvalue weighted by atomic mass is 10.1. The van der Waals surface area contributed by atoms with Gasteiger partial charge in [-0.3, -0.25) is 9.69 Å². The van der Waals surface area contributed by atoms with E-state index in [1.807, 2.05) is 0 Å². The van der Waals surface area contributed by atoms with Gasteiger partial charge in [-0.25, -0.2) is 9.97 Å². The van der Waals surface area contributed by atoms with Crippen LogP contribution < -0.4 is 5.32 Å². The molecule has 1 unspecified atom stereocenters. The van der Waals surface area contributed by atoms with Crippen molar-refractivity contribution in [1.29, 1.82) is 0 Å². The predicted octanol–water partition coefficient (Wildman–Crippen LogP) is 4.25. The van der Waals surface area contributed by atoms with Gasteiger partial charge >= 0.3 is 0 Å². The number of halogens is 1. The van der Waals surface area contributed by atoms with Gasteiger partial charge in [-0.1, -0.05) is 24.3 Å². The number of nitrogens with zero attached hydrogens (tertiary/aromatic N) is 5. The molecule has 0 radical (unpaired) electrons. The first-order chi connectivity index (χ1) is 16.5. The Morgan fingerprint density at radius 3 is 2.71 bits per heavy atom. The van der Waals surface area contributed by atoms with Gasteiger partial charge < -0.3 is 15.1 Å². The van der Waals surface area contributed by atoms with E-state index in [9.17, 15) is 4.79 Å². The monoisotopic (exact) mass is 496 g/mol. The Bertz CT molecular complexity index is 1180. The van der Waals surface area contributed by atoms with Gasteiger partial charge in [0.05, 0.1) is 24.8 Å². The minimum Gasteiger partial charge on any atom is -0.362 e. The highest BCUT2D eigenvalue weighted by molar-refractivity contribution is 7.15. The molecule has 2 aliphatic rings. The Morgan fingerprint density at radius 2 is 1.91 bits per heavy atom. The average Bonchev–Trinajstić information content (AvgIpc) is 3.48. The summed E-state index contributed by atoms with van der Waals surface area (Å²) in [7, 11) is 2.19. The number of likely N-dealkylation sites (N-methyl/N-ethyl adjacent to an activating group) is 1. The molecule has 0 bridgehead atoms. The average molecular weight is 497 g/mol. The molecule has 1 N–H and O–H groups in total. The summed E-state index contributed by atoms with van der Waals surface area (Å²) in [5.74, 6) is 0.706. The largest absolute Gasteiger partial charge is 0.362 e. The normalized spacial score (nSPS) is 17.6. The number of nitrogens with one attached hydrogen (secondary N) is 1. The standard InChI is InChI=1S/C25H29ClN6OS/c1-17(27-24-20-14-32(16-33)15-21(20)28-25(26)29-24)22-7-8-23(34-22)19-6-4-3-5-18(19)13-31-11-9-30(2)10-12-31/h3-8,16-17H,9-15H2,1-2H3,(H,27,28,29). The number of carbonyl (C=O) groups is 1. The number of hydrogen-bond donors (Lipinski definition) is 1. The van der Waals surface area contributed by atoms with E-state index in [-0.39, 0.29) is 11.3 Å². The maximum atomic E-state index is 11.2. The summed E-state index contributed by atoms with van der Waals surface area (Å²) < 4.78 is 0. The molecule has 0 spiro atoms. The Kier molecular flexibility index (Phi) is 6.83. The van der Waals surface area contributed by atoms with Crippen LogP contribution in [0.4, 0.5) is 5.82 Å². The highest BCUT2D eigenvalue weighted by Gasteiger charge is 2.25. The Labute approximate surface area is 209 Å². The van der Waals surface area contributed by atoms with E-state index in [4.69, 9.17) is 11.6 Å². The third-order valence-corrected chi connectivity index (χ3v) is 8.08. The van der Waals surface area contributed by atoms with Crippen molar-refractivity contribution in [1.82, 2.24) is 24.7 Å². The summed E-state index contributed by atoms with van der Waals surface area (Å²) in [6.45, 7) is 8.53. The third kappa shape index (κ3) is 4.95. The molecule has 7 nitrogen and oxygen atoms in total. The van der Waals surface area contributed by atoms with Gasteiger partial charge in [0.25, 0.3) is 0 Å². The van der Waals surface area contributed by atoms with E-state index in [1.165, 1.54) is 20.9 Å². The number of anilines is 1. The molecule has 1 aromatic carbocycles. The fraction of sp³-hybridized carbons (Fsp3) is 0.400.